The highest BCUT2D eigenvalue weighted by Crippen LogP contribution is 2.27. The van der Waals surface area contributed by atoms with Gasteiger partial charge in [0.1, 0.15) is 5.69 Å². The third-order valence-corrected chi connectivity index (χ3v) is 3.55. The Morgan fingerprint density at radius 2 is 2.33 bits per heavy atom. The minimum Gasteiger partial charge on any atom is -0.379 e. The standard InChI is InChI=1S/C12H17ClFN3O/c13-10-7-16-17(8-9-3-1-4-9)12(18)11(10)15-6-2-5-14/h7,9,15H,1-6,8H2. The van der Waals surface area contributed by atoms with Crippen molar-refractivity contribution in [2.24, 2.45) is 5.92 Å². The first kappa shape index (κ1) is 13.3. The lowest BCUT2D eigenvalue weighted by Gasteiger charge is -2.25. The van der Waals surface area contributed by atoms with Crippen molar-refractivity contribution in [2.45, 2.75) is 32.2 Å². The van der Waals surface area contributed by atoms with Crippen LogP contribution in [0.1, 0.15) is 25.7 Å². The molecule has 0 spiro atoms. The van der Waals surface area contributed by atoms with E-state index < -0.39 is 6.67 Å². The maximum atomic E-state index is 12.1. The summed E-state index contributed by atoms with van der Waals surface area (Å²) in [5, 5.41) is 7.23. The zero-order chi connectivity index (χ0) is 13.0. The number of nitrogens with zero attached hydrogens (tertiary/aromatic N) is 2. The Hall–Kier alpha value is -1.10. The van der Waals surface area contributed by atoms with Crippen molar-refractivity contribution in [1.82, 2.24) is 9.78 Å². The normalized spacial score (nSPS) is 15.4. The molecule has 100 valence electrons. The highest BCUT2D eigenvalue weighted by atomic mass is 35.5. The van der Waals surface area contributed by atoms with E-state index in [-0.39, 0.29) is 5.56 Å². The molecular formula is C12H17ClFN3O. The second-order valence-electron chi connectivity index (χ2n) is 4.62. The van der Waals surface area contributed by atoms with E-state index in [0.717, 1.165) is 12.8 Å². The number of halogens is 2. The number of rotatable bonds is 6. The van der Waals surface area contributed by atoms with Crippen molar-refractivity contribution < 1.29 is 4.39 Å². The van der Waals surface area contributed by atoms with Crippen molar-refractivity contribution >= 4 is 17.3 Å². The maximum Gasteiger partial charge on any atom is 0.291 e. The summed E-state index contributed by atoms with van der Waals surface area (Å²) in [6.45, 7) is 0.638. The fourth-order valence-corrected chi connectivity index (χ4v) is 2.15. The van der Waals surface area contributed by atoms with Crippen molar-refractivity contribution in [3.05, 3.63) is 21.6 Å². The molecule has 4 nitrogen and oxygen atoms in total. The van der Waals surface area contributed by atoms with Gasteiger partial charge in [-0.15, -0.1) is 0 Å². The molecule has 1 N–H and O–H groups in total. The molecule has 0 bridgehead atoms. The summed E-state index contributed by atoms with van der Waals surface area (Å²) in [7, 11) is 0. The number of alkyl halides is 1. The van der Waals surface area contributed by atoms with Crippen LogP contribution >= 0.6 is 11.6 Å². The van der Waals surface area contributed by atoms with Crippen LogP contribution in [0.4, 0.5) is 10.1 Å². The van der Waals surface area contributed by atoms with E-state index >= 15 is 0 Å². The molecule has 0 unspecified atom stereocenters. The molecule has 0 aromatic carbocycles. The van der Waals surface area contributed by atoms with E-state index in [1.165, 1.54) is 17.3 Å². The molecule has 1 aromatic rings. The Morgan fingerprint density at radius 1 is 1.56 bits per heavy atom. The van der Waals surface area contributed by atoms with Crippen molar-refractivity contribution in [3.63, 3.8) is 0 Å². The Morgan fingerprint density at radius 3 is 2.94 bits per heavy atom. The number of hydrogen-bond donors (Lipinski definition) is 1. The quantitative estimate of drug-likeness (QED) is 0.810. The molecule has 1 fully saturated rings. The molecule has 2 rings (SSSR count). The predicted molar refractivity (Wildman–Crippen MR) is 69.9 cm³/mol. The van der Waals surface area contributed by atoms with Crippen LogP contribution in [0, 0.1) is 5.92 Å². The van der Waals surface area contributed by atoms with Crippen molar-refractivity contribution in [2.75, 3.05) is 18.5 Å². The Bertz CT molecular complexity index is 459. The van der Waals surface area contributed by atoms with Gasteiger partial charge < -0.3 is 5.32 Å². The molecule has 1 aromatic heterocycles. The highest BCUT2D eigenvalue weighted by molar-refractivity contribution is 6.32. The fourth-order valence-electron chi connectivity index (χ4n) is 1.96. The lowest BCUT2D eigenvalue weighted by atomic mass is 9.85. The second kappa shape index (κ2) is 6.18. The first-order chi connectivity index (χ1) is 8.72. The minimum atomic E-state index is -0.411. The van der Waals surface area contributed by atoms with Gasteiger partial charge in [0.15, 0.2) is 0 Å². The van der Waals surface area contributed by atoms with Gasteiger partial charge in [-0.05, 0) is 25.2 Å². The van der Waals surface area contributed by atoms with E-state index in [0.29, 0.717) is 36.1 Å². The summed E-state index contributed by atoms with van der Waals surface area (Å²) in [5.41, 5.74) is 0.118. The molecule has 18 heavy (non-hydrogen) atoms. The number of anilines is 1. The highest BCUT2D eigenvalue weighted by Gasteiger charge is 2.20. The summed E-state index contributed by atoms with van der Waals surface area (Å²) in [5.74, 6) is 0.551. The van der Waals surface area contributed by atoms with E-state index in [2.05, 4.69) is 10.4 Å². The number of hydrogen-bond acceptors (Lipinski definition) is 3. The van der Waals surface area contributed by atoms with E-state index in [1.807, 2.05) is 0 Å². The summed E-state index contributed by atoms with van der Waals surface area (Å²) in [4.78, 5) is 12.1. The van der Waals surface area contributed by atoms with Gasteiger partial charge in [-0.1, -0.05) is 18.0 Å². The average Bonchev–Trinajstić information content (AvgIpc) is 2.30. The molecule has 0 radical (unpaired) electrons. The maximum absolute atomic E-state index is 12.1. The third kappa shape index (κ3) is 3.02. The lowest BCUT2D eigenvalue weighted by Crippen LogP contribution is -2.31. The van der Waals surface area contributed by atoms with Crippen LogP contribution in [0.2, 0.25) is 5.02 Å². The molecule has 1 aliphatic rings. The van der Waals surface area contributed by atoms with Gasteiger partial charge in [-0.3, -0.25) is 9.18 Å². The SMILES string of the molecule is O=c1c(NCCCF)c(Cl)cnn1CC1CCC1. The van der Waals surface area contributed by atoms with E-state index in [4.69, 9.17) is 11.6 Å². The van der Waals surface area contributed by atoms with Crippen LogP contribution in [-0.4, -0.2) is 23.0 Å². The topological polar surface area (TPSA) is 46.9 Å². The molecule has 0 amide bonds. The van der Waals surface area contributed by atoms with Gasteiger partial charge in [-0.2, -0.15) is 5.10 Å². The van der Waals surface area contributed by atoms with E-state index in [1.54, 1.807) is 0 Å². The van der Waals surface area contributed by atoms with Crippen molar-refractivity contribution in [3.8, 4) is 0 Å². The third-order valence-electron chi connectivity index (χ3n) is 3.27. The zero-order valence-electron chi connectivity index (χ0n) is 10.2. The van der Waals surface area contributed by atoms with Gasteiger partial charge in [0.2, 0.25) is 0 Å². The molecule has 0 saturated heterocycles. The Labute approximate surface area is 110 Å². The first-order valence-electron chi connectivity index (χ1n) is 6.28. The molecule has 1 aliphatic carbocycles. The van der Waals surface area contributed by atoms with Gasteiger partial charge in [-0.25, -0.2) is 4.68 Å². The molecular weight excluding hydrogens is 257 g/mol. The van der Waals surface area contributed by atoms with Gasteiger partial charge in [0, 0.05) is 13.1 Å². The molecule has 1 heterocycles. The first-order valence-corrected chi connectivity index (χ1v) is 6.65. The predicted octanol–water partition coefficient (Wildman–Crippen LogP) is 2.47. The Kier molecular flexibility index (Phi) is 4.58. The lowest BCUT2D eigenvalue weighted by molar-refractivity contribution is 0.262. The largest absolute Gasteiger partial charge is 0.379 e. The zero-order valence-corrected chi connectivity index (χ0v) is 10.9. The average molecular weight is 274 g/mol. The second-order valence-corrected chi connectivity index (χ2v) is 5.03. The summed E-state index contributed by atoms with van der Waals surface area (Å²) in [6.07, 6.45) is 5.37. The summed E-state index contributed by atoms with van der Waals surface area (Å²) < 4.78 is 13.5. The van der Waals surface area contributed by atoms with Crippen LogP contribution in [0.5, 0.6) is 0 Å². The van der Waals surface area contributed by atoms with Crippen LogP contribution < -0.4 is 10.9 Å². The number of nitrogens with one attached hydrogen (secondary N) is 1. The van der Waals surface area contributed by atoms with Crippen molar-refractivity contribution in [1.29, 1.82) is 0 Å². The molecule has 6 heteroatoms. The fraction of sp³-hybridized carbons (Fsp3) is 0.667. The van der Waals surface area contributed by atoms with Gasteiger partial charge in [0.25, 0.3) is 5.56 Å². The van der Waals surface area contributed by atoms with Crippen LogP contribution in [0.15, 0.2) is 11.0 Å². The summed E-state index contributed by atoms with van der Waals surface area (Å²) >= 11 is 5.93. The number of aromatic nitrogens is 2. The molecule has 0 aliphatic heterocycles. The Balaban J connectivity index is 2.11. The monoisotopic (exact) mass is 273 g/mol. The smallest absolute Gasteiger partial charge is 0.291 e. The summed E-state index contributed by atoms with van der Waals surface area (Å²) in [6, 6.07) is 0. The van der Waals surface area contributed by atoms with Crippen LogP contribution in [0.3, 0.4) is 0 Å². The van der Waals surface area contributed by atoms with Crippen LogP contribution in [-0.2, 0) is 6.54 Å². The minimum absolute atomic E-state index is 0.215. The van der Waals surface area contributed by atoms with Gasteiger partial charge >= 0.3 is 0 Å². The van der Waals surface area contributed by atoms with E-state index in [9.17, 15) is 9.18 Å². The molecule has 0 atom stereocenters. The van der Waals surface area contributed by atoms with Gasteiger partial charge in [0.05, 0.1) is 17.9 Å². The van der Waals surface area contributed by atoms with Crippen LogP contribution in [0.25, 0.3) is 0 Å². The molecule has 1 saturated carbocycles.